The molecule has 2 heterocycles. The van der Waals surface area contributed by atoms with Gasteiger partial charge in [-0.25, -0.2) is 4.79 Å². The molecule has 0 aliphatic carbocycles. The molecule has 0 unspecified atom stereocenters. The molecule has 31 heavy (non-hydrogen) atoms. The first-order chi connectivity index (χ1) is 15.1. The Labute approximate surface area is 181 Å². The molecule has 0 saturated heterocycles. The molecule has 0 atom stereocenters. The van der Waals surface area contributed by atoms with Crippen molar-refractivity contribution < 1.29 is 23.8 Å². The van der Waals surface area contributed by atoms with Crippen LogP contribution in [0.15, 0.2) is 42.5 Å². The zero-order valence-corrected chi connectivity index (χ0v) is 17.3. The number of anilines is 1. The van der Waals surface area contributed by atoms with Crippen LogP contribution in [0.1, 0.15) is 20.4 Å². The van der Waals surface area contributed by atoms with Crippen LogP contribution in [0, 0.1) is 0 Å². The number of fused-ring (bicyclic) bond motifs is 1. The molecular weight excluding hydrogens is 422 g/mol. The van der Waals surface area contributed by atoms with Crippen molar-refractivity contribution in [2.24, 2.45) is 0 Å². The minimum atomic E-state index is -0.398. The predicted octanol–water partition coefficient (Wildman–Crippen LogP) is 2.53. The van der Waals surface area contributed by atoms with Crippen molar-refractivity contribution in [3.05, 3.63) is 58.0 Å². The van der Waals surface area contributed by atoms with Crippen LogP contribution in [0.2, 0.25) is 0 Å². The Balaban J connectivity index is 1.25. The van der Waals surface area contributed by atoms with Gasteiger partial charge in [-0.1, -0.05) is 23.5 Å². The third-order valence-electron chi connectivity index (χ3n) is 4.28. The van der Waals surface area contributed by atoms with Crippen molar-refractivity contribution in [1.29, 1.82) is 0 Å². The highest BCUT2D eigenvalue weighted by atomic mass is 32.1. The molecule has 1 aliphatic heterocycles. The van der Waals surface area contributed by atoms with Gasteiger partial charge in [-0.2, -0.15) is 0 Å². The number of carbonyl (C=O) groups is 2. The molecule has 0 spiro atoms. The van der Waals surface area contributed by atoms with Crippen LogP contribution in [0.25, 0.3) is 0 Å². The van der Waals surface area contributed by atoms with Crippen molar-refractivity contribution in [2.75, 3.05) is 19.2 Å². The van der Waals surface area contributed by atoms with Gasteiger partial charge in [-0.15, -0.1) is 10.2 Å². The molecule has 0 bridgehead atoms. The summed E-state index contributed by atoms with van der Waals surface area (Å²) in [5, 5.41) is 16.7. The molecule has 3 N–H and O–H groups in total. The van der Waals surface area contributed by atoms with E-state index in [4.69, 9.17) is 14.2 Å². The van der Waals surface area contributed by atoms with Crippen molar-refractivity contribution in [3.8, 4) is 17.2 Å². The number of amides is 3. The van der Waals surface area contributed by atoms with Gasteiger partial charge in [0.15, 0.2) is 11.5 Å². The summed E-state index contributed by atoms with van der Waals surface area (Å²) in [4.78, 5) is 24.4. The quantitative estimate of drug-likeness (QED) is 0.515. The molecule has 1 aliphatic rings. The molecule has 160 valence electrons. The van der Waals surface area contributed by atoms with Gasteiger partial charge in [0.25, 0.3) is 5.91 Å². The number of nitrogens with one attached hydrogen (secondary N) is 3. The Bertz CT molecular complexity index is 1100. The SMILES string of the molecule is COc1cccc(CNC(=O)NCc2nnc(C(=O)Nc3ccc4c(c3)OCO4)s2)c1. The highest BCUT2D eigenvalue weighted by Gasteiger charge is 2.17. The first-order valence-corrected chi connectivity index (χ1v) is 10.1. The van der Waals surface area contributed by atoms with E-state index in [1.165, 1.54) is 0 Å². The van der Waals surface area contributed by atoms with E-state index in [9.17, 15) is 9.59 Å². The summed E-state index contributed by atoms with van der Waals surface area (Å²) in [5.41, 5.74) is 1.47. The fourth-order valence-corrected chi connectivity index (χ4v) is 3.43. The Morgan fingerprint density at radius 3 is 2.77 bits per heavy atom. The summed E-state index contributed by atoms with van der Waals surface area (Å²) in [6.07, 6.45) is 0. The second kappa shape index (κ2) is 9.30. The summed E-state index contributed by atoms with van der Waals surface area (Å²) in [5.74, 6) is 1.53. The van der Waals surface area contributed by atoms with E-state index in [1.54, 1.807) is 25.3 Å². The van der Waals surface area contributed by atoms with Crippen molar-refractivity contribution >= 4 is 29.0 Å². The fraction of sp³-hybridized carbons (Fsp3) is 0.200. The minimum absolute atomic E-state index is 0.152. The second-order valence-corrected chi connectivity index (χ2v) is 7.47. The van der Waals surface area contributed by atoms with Gasteiger partial charge in [-0.3, -0.25) is 4.79 Å². The Kier molecular flexibility index (Phi) is 6.13. The monoisotopic (exact) mass is 441 g/mol. The van der Waals surface area contributed by atoms with Crippen LogP contribution < -0.4 is 30.2 Å². The van der Waals surface area contributed by atoms with Gasteiger partial charge in [0.05, 0.1) is 13.7 Å². The number of nitrogens with zero attached hydrogens (tertiary/aromatic N) is 2. The maximum atomic E-state index is 12.4. The predicted molar refractivity (Wildman–Crippen MR) is 112 cm³/mol. The number of ether oxygens (including phenoxy) is 3. The summed E-state index contributed by atoms with van der Waals surface area (Å²) < 4.78 is 15.7. The van der Waals surface area contributed by atoms with Gasteiger partial charge in [0.2, 0.25) is 11.8 Å². The second-order valence-electron chi connectivity index (χ2n) is 6.41. The molecule has 1 aromatic heterocycles. The minimum Gasteiger partial charge on any atom is -0.497 e. The highest BCUT2D eigenvalue weighted by Crippen LogP contribution is 2.34. The van der Waals surface area contributed by atoms with Crippen LogP contribution >= 0.6 is 11.3 Å². The third-order valence-corrected chi connectivity index (χ3v) is 5.20. The maximum Gasteiger partial charge on any atom is 0.315 e. The number of methoxy groups -OCH3 is 1. The Morgan fingerprint density at radius 1 is 1.06 bits per heavy atom. The zero-order valence-electron chi connectivity index (χ0n) is 16.5. The molecule has 0 radical (unpaired) electrons. The lowest BCUT2D eigenvalue weighted by Crippen LogP contribution is -2.34. The van der Waals surface area contributed by atoms with Gasteiger partial charge in [-0.05, 0) is 29.8 Å². The number of urea groups is 1. The molecule has 4 rings (SSSR count). The van der Waals surface area contributed by atoms with Crippen molar-refractivity contribution in [1.82, 2.24) is 20.8 Å². The van der Waals surface area contributed by atoms with Gasteiger partial charge in [0, 0.05) is 18.3 Å². The van der Waals surface area contributed by atoms with E-state index >= 15 is 0 Å². The fourth-order valence-electron chi connectivity index (χ4n) is 2.76. The lowest BCUT2D eigenvalue weighted by molar-refractivity contribution is 0.102. The summed E-state index contributed by atoms with van der Waals surface area (Å²) in [6.45, 7) is 0.661. The largest absolute Gasteiger partial charge is 0.497 e. The lowest BCUT2D eigenvalue weighted by Gasteiger charge is -2.07. The van der Waals surface area contributed by atoms with E-state index in [0.717, 1.165) is 22.6 Å². The van der Waals surface area contributed by atoms with E-state index in [0.29, 0.717) is 28.7 Å². The molecule has 0 fully saturated rings. The van der Waals surface area contributed by atoms with Crippen LogP contribution in [-0.2, 0) is 13.1 Å². The Hall–Kier alpha value is -3.86. The number of benzene rings is 2. The maximum absolute atomic E-state index is 12.4. The molecule has 3 aromatic rings. The van der Waals surface area contributed by atoms with E-state index in [-0.39, 0.29) is 24.4 Å². The molecule has 3 amide bonds. The standard InChI is InChI=1S/C20H19N5O5S/c1-28-14-4-2-3-12(7-14)9-21-20(27)22-10-17-24-25-19(31-17)18(26)23-13-5-6-15-16(8-13)30-11-29-15/h2-8H,9-11H2,1H3,(H,23,26)(H2,21,22,27). The molecular formula is C20H19N5O5S. The van der Waals surface area contributed by atoms with Crippen LogP contribution in [0.3, 0.4) is 0 Å². The van der Waals surface area contributed by atoms with Gasteiger partial charge in [0.1, 0.15) is 10.8 Å². The smallest absolute Gasteiger partial charge is 0.315 e. The first kappa shape index (κ1) is 20.4. The Morgan fingerprint density at radius 2 is 1.90 bits per heavy atom. The summed E-state index contributed by atoms with van der Waals surface area (Å²) in [7, 11) is 1.59. The van der Waals surface area contributed by atoms with Gasteiger partial charge < -0.3 is 30.2 Å². The summed E-state index contributed by atoms with van der Waals surface area (Å²) in [6, 6.07) is 12.2. The average Bonchev–Trinajstić information content (AvgIpc) is 3.45. The van der Waals surface area contributed by atoms with E-state index in [2.05, 4.69) is 26.1 Å². The number of hydrogen-bond acceptors (Lipinski definition) is 8. The van der Waals surface area contributed by atoms with Crippen molar-refractivity contribution in [2.45, 2.75) is 13.1 Å². The first-order valence-electron chi connectivity index (χ1n) is 9.29. The molecule has 0 saturated carbocycles. The van der Waals surface area contributed by atoms with Crippen LogP contribution in [0.4, 0.5) is 10.5 Å². The zero-order chi connectivity index (χ0) is 21.6. The topological polar surface area (TPSA) is 124 Å². The molecule has 11 heteroatoms. The van der Waals surface area contributed by atoms with Crippen LogP contribution in [-0.4, -0.2) is 36.0 Å². The number of aromatic nitrogens is 2. The highest BCUT2D eigenvalue weighted by molar-refractivity contribution is 7.13. The van der Waals surface area contributed by atoms with Crippen molar-refractivity contribution in [3.63, 3.8) is 0 Å². The van der Waals surface area contributed by atoms with E-state index < -0.39 is 5.91 Å². The average molecular weight is 441 g/mol. The molecule has 2 aromatic carbocycles. The van der Waals surface area contributed by atoms with Gasteiger partial charge >= 0.3 is 6.03 Å². The number of hydrogen-bond donors (Lipinski definition) is 3. The number of carbonyl (C=O) groups excluding carboxylic acids is 2. The van der Waals surface area contributed by atoms with Crippen LogP contribution in [0.5, 0.6) is 17.2 Å². The molecule has 10 nitrogen and oxygen atoms in total. The number of rotatable bonds is 7. The third kappa shape index (κ3) is 5.20. The normalized spacial score (nSPS) is 11.6. The lowest BCUT2D eigenvalue weighted by atomic mass is 10.2. The summed E-state index contributed by atoms with van der Waals surface area (Å²) >= 11 is 1.10. The van der Waals surface area contributed by atoms with E-state index in [1.807, 2.05) is 24.3 Å².